The molecule has 1 fully saturated rings. The first-order valence-corrected chi connectivity index (χ1v) is 8.38. The van der Waals surface area contributed by atoms with Crippen LogP contribution in [0.3, 0.4) is 0 Å². The molecule has 0 aliphatic carbocycles. The zero-order valence-electron chi connectivity index (χ0n) is 13.2. The van der Waals surface area contributed by atoms with Crippen LogP contribution < -0.4 is 10.2 Å². The van der Waals surface area contributed by atoms with Gasteiger partial charge in [0.15, 0.2) is 0 Å². The van der Waals surface area contributed by atoms with Gasteiger partial charge < -0.3 is 15.1 Å². The molecule has 0 atom stereocenters. The van der Waals surface area contributed by atoms with Crippen LogP contribution in [0.1, 0.15) is 31.9 Å². The predicted molar refractivity (Wildman–Crippen MR) is 90.2 cm³/mol. The Balaban J connectivity index is 1.89. The molecule has 118 valence electrons. The van der Waals surface area contributed by atoms with Crippen LogP contribution in [-0.2, 0) is 6.54 Å². The fourth-order valence-electron chi connectivity index (χ4n) is 2.61. The minimum absolute atomic E-state index is 0.737. The molecule has 0 bridgehead atoms. The third kappa shape index (κ3) is 5.13. The molecule has 1 aliphatic heterocycles. The van der Waals surface area contributed by atoms with Crippen LogP contribution in [0, 0.1) is 0 Å². The largest absolute Gasteiger partial charge is 0.358 e. The van der Waals surface area contributed by atoms with Gasteiger partial charge in [-0.15, -0.1) is 0 Å². The highest BCUT2D eigenvalue weighted by Gasteiger charge is 2.13. The molecule has 1 aromatic rings. The van der Waals surface area contributed by atoms with Gasteiger partial charge in [0.05, 0.1) is 10.7 Å². The van der Waals surface area contributed by atoms with E-state index in [-0.39, 0.29) is 0 Å². The van der Waals surface area contributed by atoms with E-state index < -0.39 is 0 Å². The lowest BCUT2D eigenvalue weighted by atomic mass is 10.3. The monoisotopic (exact) mass is 310 g/mol. The van der Waals surface area contributed by atoms with Crippen LogP contribution >= 0.6 is 11.6 Å². The van der Waals surface area contributed by atoms with Gasteiger partial charge in [-0.05, 0) is 51.0 Å². The highest BCUT2D eigenvalue weighted by molar-refractivity contribution is 6.31. The van der Waals surface area contributed by atoms with Crippen LogP contribution in [0.2, 0.25) is 5.02 Å². The number of nitrogens with zero attached hydrogens (tertiary/aromatic N) is 3. The van der Waals surface area contributed by atoms with E-state index in [1.165, 1.54) is 25.9 Å². The molecule has 0 unspecified atom stereocenters. The van der Waals surface area contributed by atoms with E-state index in [2.05, 4.69) is 29.1 Å². The second-order valence-corrected chi connectivity index (χ2v) is 6.15. The highest BCUT2D eigenvalue weighted by Crippen LogP contribution is 2.19. The van der Waals surface area contributed by atoms with Gasteiger partial charge in [-0.2, -0.15) is 0 Å². The van der Waals surface area contributed by atoms with Crippen LogP contribution in [0.15, 0.2) is 12.1 Å². The zero-order chi connectivity index (χ0) is 15.1. The average Bonchev–Trinajstić information content (AvgIpc) is 3.00. The van der Waals surface area contributed by atoms with Crippen molar-refractivity contribution in [2.45, 2.75) is 32.7 Å². The molecular weight excluding hydrogens is 284 g/mol. The Kier molecular flexibility index (Phi) is 6.74. The second-order valence-electron chi connectivity index (χ2n) is 5.75. The first-order chi connectivity index (χ1) is 10.2. The van der Waals surface area contributed by atoms with Crippen LogP contribution in [0.4, 0.5) is 5.82 Å². The maximum absolute atomic E-state index is 6.23. The minimum Gasteiger partial charge on any atom is -0.358 e. The molecule has 4 nitrogen and oxygen atoms in total. The van der Waals surface area contributed by atoms with E-state index >= 15 is 0 Å². The summed E-state index contributed by atoms with van der Waals surface area (Å²) in [6.45, 7) is 8.50. The maximum Gasteiger partial charge on any atom is 0.128 e. The summed E-state index contributed by atoms with van der Waals surface area (Å²) in [6.07, 6.45) is 3.80. The minimum atomic E-state index is 0.737. The summed E-state index contributed by atoms with van der Waals surface area (Å²) in [5, 5.41) is 4.11. The third-order valence-corrected chi connectivity index (χ3v) is 4.31. The van der Waals surface area contributed by atoms with Crippen molar-refractivity contribution in [2.24, 2.45) is 0 Å². The van der Waals surface area contributed by atoms with Crippen molar-refractivity contribution in [3.05, 3.63) is 22.8 Å². The Morgan fingerprint density at radius 2 is 2.10 bits per heavy atom. The molecule has 5 heteroatoms. The van der Waals surface area contributed by atoms with Crippen molar-refractivity contribution in [3.8, 4) is 0 Å². The van der Waals surface area contributed by atoms with E-state index in [0.717, 1.165) is 49.1 Å². The summed E-state index contributed by atoms with van der Waals surface area (Å²) in [4.78, 5) is 9.45. The molecular formula is C16H27ClN4. The molecule has 2 rings (SSSR count). The van der Waals surface area contributed by atoms with Gasteiger partial charge in [-0.1, -0.05) is 18.5 Å². The van der Waals surface area contributed by atoms with Crippen molar-refractivity contribution in [1.82, 2.24) is 15.2 Å². The van der Waals surface area contributed by atoms with Gasteiger partial charge in [-0.3, -0.25) is 0 Å². The first-order valence-electron chi connectivity index (χ1n) is 8.00. The molecule has 0 amide bonds. The summed E-state index contributed by atoms with van der Waals surface area (Å²) in [5.41, 5.74) is 0.940. The highest BCUT2D eigenvalue weighted by atomic mass is 35.5. The lowest BCUT2D eigenvalue weighted by Gasteiger charge is -2.23. The molecule has 1 aromatic heterocycles. The quantitative estimate of drug-likeness (QED) is 0.748. The molecule has 0 saturated carbocycles. The number of aromatic nitrogens is 1. The molecule has 0 spiro atoms. The number of hydrogen-bond acceptors (Lipinski definition) is 4. The van der Waals surface area contributed by atoms with Gasteiger partial charge in [0.2, 0.25) is 0 Å². The van der Waals surface area contributed by atoms with E-state index in [9.17, 15) is 0 Å². The lowest BCUT2D eigenvalue weighted by molar-refractivity contribution is 0.346. The van der Waals surface area contributed by atoms with Crippen molar-refractivity contribution in [2.75, 3.05) is 44.7 Å². The number of likely N-dealkylation sites (N-methyl/N-ethyl adjacent to an activating group) is 1. The van der Waals surface area contributed by atoms with Gasteiger partial charge >= 0.3 is 0 Å². The van der Waals surface area contributed by atoms with Crippen LogP contribution in [0.25, 0.3) is 0 Å². The summed E-state index contributed by atoms with van der Waals surface area (Å²) < 4.78 is 0. The van der Waals surface area contributed by atoms with Gasteiger partial charge in [0.25, 0.3) is 0 Å². The Morgan fingerprint density at radius 3 is 2.81 bits per heavy atom. The second kappa shape index (κ2) is 8.57. The Morgan fingerprint density at radius 1 is 1.33 bits per heavy atom. The number of halogens is 1. The Hall–Kier alpha value is -0.840. The summed E-state index contributed by atoms with van der Waals surface area (Å²) >= 11 is 6.23. The number of pyridine rings is 1. The van der Waals surface area contributed by atoms with Gasteiger partial charge in [0, 0.05) is 26.7 Å². The third-order valence-electron chi connectivity index (χ3n) is 3.96. The summed E-state index contributed by atoms with van der Waals surface area (Å²) in [7, 11) is 2.11. The average molecular weight is 311 g/mol. The number of nitrogens with one attached hydrogen (secondary N) is 1. The fraction of sp³-hybridized carbons (Fsp3) is 0.688. The topological polar surface area (TPSA) is 31.4 Å². The molecule has 0 radical (unpaired) electrons. The normalized spacial score (nSPS) is 15.6. The number of hydrogen-bond donors (Lipinski definition) is 1. The smallest absolute Gasteiger partial charge is 0.128 e. The zero-order valence-corrected chi connectivity index (χ0v) is 14.0. The van der Waals surface area contributed by atoms with Crippen molar-refractivity contribution in [1.29, 1.82) is 0 Å². The maximum atomic E-state index is 6.23. The predicted octanol–water partition coefficient (Wildman–Crippen LogP) is 2.77. The van der Waals surface area contributed by atoms with Crippen molar-refractivity contribution in [3.63, 3.8) is 0 Å². The molecule has 1 aliphatic rings. The fourth-order valence-corrected chi connectivity index (χ4v) is 2.78. The molecule has 1 N–H and O–H groups in total. The standard InChI is InChI=1S/C16H27ClN4/c1-3-8-18-13-15-14(17)6-7-16(19-15)20(2)11-12-21-9-4-5-10-21/h6-7,18H,3-5,8-13H2,1-2H3. The van der Waals surface area contributed by atoms with Crippen LogP contribution in [-0.4, -0.2) is 49.7 Å². The Bertz CT molecular complexity index is 432. The first kappa shape index (κ1) is 16.5. The van der Waals surface area contributed by atoms with Crippen LogP contribution in [0.5, 0.6) is 0 Å². The summed E-state index contributed by atoms with van der Waals surface area (Å²) in [6, 6.07) is 3.97. The van der Waals surface area contributed by atoms with E-state index in [1.54, 1.807) is 0 Å². The lowest BCUT2D eigenvalue weighted by Crippen LogP contribution is -2.32. The van der Waals surface area contributed by atoms with Gasteiger partial charge in [-0.25, -0.2) is 4.98 Å². The van der Waals surface area contributed by atoms with Crippen molar-refractivity contribution >= 4 is 17.4 Å². The SMILES string of the molecule is CCCNCc1nc(N(C)CCN2CCCC2)ccc1Cl. The molecule has 0 aromatic carbocycles. The Labute approximate surface area is 133 Å². The molecule has 2 heterocycles. The van der Waals surface area contributed by atoms with Gasteiger partial charge in [0.1, 0.15) is 5.82 Å². The number of rotatable bonds is 8. The van der Waals surface area contributed by atoms with E-state index in [0.29, 0.717) is 0 Å². The van der Waals surface area contributed by atoms with Crippen molar-refractivity contribution < 1.29 is 0 Å². The number of anilines is 1. The van der Waals surface area contributed by atoms with E-state index in [4.69, 9.17) is 16.6 Å². The van der Waals surface area contributed by atoms with E-state index in [1.807, 2.05) is 12.1 Å². The summed E-state index contributed by atoms with van der Waals surface area (Å²) in [5.74, 6) is 1.01. The number of likely N-dealkylation sites (tertiary alicyclic amines) is 1. The molecule has 1 saturated heterocycles. The molecule has 21 heavy (non-hydrogen) atoms.